The Kier molecular flexibility index (Phi) is 6.66. The third kappa shape index (κ3) is 5.01. The zero-order chi connectivity index (χ0) is 21.0. The molecule has 156 valence electrons. The molecule has 0 saturated heterocycles. The molecule has 0 saturated carbocycles. The minimum Gasteiger partial charge on any atom is -0.480 e. The quantitative estimate of drug-likeness (QED) is 0.549. The second kappa shape index (κ2) is 9.02. The average molecular weight is 437 g/mol. The van der Waals surface area contributed by atoms with Gasteiger partial charge in [0.1, 0.15) is 6.04 Å². The van der Waals surface area contributed by atoms with Crippen LogP contribution in [0.3, 0.4) is 0 Å². The van der Waals surface area contributed by atoms with Crippen molar-refractivity contribution >= 4 is 39.1 Å². The summed E-state index contributed by atoms with van der Waals surface area (Å²) >= 11 is 1.47. The molecule has 10 heteroatoms. The fourth-order valence-electron chi connectivity index (χ4n) is 3.18. The predicted molar refractivity (Wildman–Crippen MR) is 115 cm³/mol. The number of nitrogens with one attached hydrogen (secondary N) is 2. The fraction of sp³-hybridized carbons (Fsp3) is 0.368. The van der Waals surface area contributed by atoms with Crippen molar-refractivity contribution in [3.8, 4) is 0 Å². The Hall–Kier alpha value is -2.30. The van der Waals surface area contributed by atoms with Crippen LogP contribution in [0.25, 0.3) is 0 Å². The summed E-state index contributed by atoms with van der Waals surface area (Å²) in [4.78, 5) is 17.7. The molecule has 3 N–H and O–H groups in total. The molecule has 0 aliphatic carbocycles. The lowest BCUT2D eigenvalue weighted by Gasteiger charge is -2.24. The van der Waals surface area contributed by atoms with Crippen LogP contribution in [-0.2, 0) is 21.4 Å². The van der Waals surface area contributed by atoms with Crippen molar-refractivity contribution in [3.63, 3.8) is 0 Å². The standard InChI is InChI=1S/C19H24N4O4S2/c1-13-21-17-11-20-9-7-18(17)23(13)12-14-3-5-15(6-4-14)29(26,27)22-16(19(24)25)8-10-28-2/h3-7,9,11,13,16,21-22H,8,10,12H2,1-2H3,(H,24,25)/t13?,16-/m0/s1. The van der Waals surface area contributed by atoms with Crippen LogP contribution in [0.2, 0.25) is 0 Å². The van der Waals surface area contributed by atoms with Crippen molar-refractivity contribution in [2.45, 2.75) is 37.0 Å². The Bertz CT molecular complexity index is 966. The smallest absolute Gasteiger partial charge is 0.321 e. The van der Waals surface area contributed by atoms with E-state index in [1.54, 1.807) is 24.5 Å². The van der Waals surface area contributed by atoms with Crippen molar-refractivity contribution in [1.29, 1.82) is 0 Å². The lowest BCUT2D eigenvalue weighted by molar-refractivity contribution is -0.139. The van der Waals surface area contributed by atoms with E-state index in [0.717, 1.165) is 16.9 Å². The summed E-state index contributed by atoms with van der Waals surface area (Å²) in [5.74, 6) is -0.625. The number of hydrogen-bond donors (Lipinski definition) is 3. The van der Waals surface area contributed by atoms with Gasteiger partial charge in [-0.3, -0.25) is 9.78 Å². The molecule has 2 aromatic rings. The van der Waals surface area contributed by atoms with E-state index < -0.39 is 22.0 Å². The van der Waals surface area contributed by atoms with E-state index in [-0.39, 0.29) is 17.5 Å². The second-order valence-corrected chi connectivity index (χ2v) is 9.48. The highest BCUT2D eigenvalue weighted by Gasteiger charge is 2.27. The number of hydrogen-bond acceptors (Lipinski definition) is 7. The lowest BCUT2D eigenvalue weighted by atomic mass is 10.2. The zero-order valence-corrected chi connectivity index (χ0v) is 17.8. The normalized spacial score (nSPS) is 16.9. The molecule has 0 amide bonds. The van der Waals surface area contributed by atoms with Gasteiger partial charge in [-0.2, -0.15) is 16.5 Å². The molecule has 0 fully saturated rings. The number of nitrogens with zero attached hydrogens (tertiary/aromatic N) is 2. The summed E-state index contributed by atoms with van der Waals surface area (Å²) < 4.78 is 27.4. The highest BCUT2D eigenvalue weighted by molar-refractivity contribution is 7.98. The molecule has 3 rings (SSSR count). The van der Waals surface area contributed by atoms with Gasteiger partial charge in [-0.05, 0) is 49.1 Å². The number of pyridine rings is 1. The van der Waals surface area contributed by atoms with Gasteiger partial charge in [-0.25, -0.2) is 8.42 Å². The highest BCUT2D eigenvalue weighted by atomic mass is 32.2. The maximum Gasteiger partial charge on any atom is 0.321 e. The first kappa shape index (κ1) is 21.4. The van der Waals surface area contributed by atoms with Crippen molar-refractivity contribution in [2.24, 2.45) is 0 Å². The highest BCUT2D eigenvalue weighted by Crippen LogP contribution is 2.34. The van der Waals surface area contributed by atoms with Gasteiger partial charge in [0, 0.05) is 12.7 Å². The summed E-state index contributed by atoms with van der Waals surface area (Å²) in [5, 5.41) is 12.6. The van der Waals surface area contributed by atoms with E-state index in [1.165, 1.54) is 23.9 Å². The minimum absolute atomic E-state index is 0.0499. The van der Waals surface area contributed by atoms with Crippen LogP contribution >= 0.6 is 11.8 Å². The first-order chi connectivity index (χ1) is 13.8. The Morgan fingerprint density at radius 1 is 1.34 bits per heavy atom. The molecule has 0 bridgehead atoms. The van der Waals surface area contributed by atoms with Gasteiger partial charge >= 0.3 is 5.97 Å². The zero-order valence-electron chi connectivity index (χ0n) is 16.2. The molecule has 1 unspecified atom stereocenters. The van der Waals surface area contributed by atoms with Gasteiger partial charge in [-0.15, -0.1) is 0 Å². The number of anilines is 2. The summed E-state index contributed by atoms with van der Waals surface area (Å²) in [6.07, 6.45) is 5.68. The molecule has 8 nitrogen and oxygen atoms in total. The average Bonchev–Trinajstić information content (AvgIpc) is 3.00. The largest absolute Gasteiger partial charge is 0.480 e. The van der Waals surface area contributed by atoms with Crippen molar-refractivity contribution in [2.75, 3.05) is 22.2 Å². The Morgan fingerprint density at radius 2 is 2.07 bits per heavy atom. The topological polar surface area (TPSA) is 112 Å². The lowest BCUT2D eigenvalue weighted by Crippen LogP contribution is -2.41. The van der Waals surface area contributed by atoms with Gasteiger partial charge in [0.15, 0.2) is 0 Å². The second-order valence-electron chi connectivity index (χ2n) is 6.78. The van der Waals surface area contributed by atoms with E-state index in [1.807, 2.05) is 19.2 Å². The van der Waals surface area contributed by atoms with Crippen molar-refractivity contribution in [1.82, 2.24) is 9.71 Å². The van der Waals surface area contributed by atoms with Gasteiger partial charge < -0.3 is 15.3 Å². The van der Waals surface area contributed by atoms with Crippen LogP contribution in [0.15, 0.2) is 47.6 Å². The Balaban J connectivity index is 1.72. The van der Waals surface area contributed by atoms with E-state index >= 15 is 0 Å². The van der Waals surface area contributed by atoms with E-state index in [4.69, 9.17) is 0 Å². The summed E-state index contributed by atoms with van der Waals surface area (Å²) in [6.45, 7) is 2.65. The number of carbonyl (C=O) groups is 1. The summed E-state index contributed by atoms with van der Waals surface area (Å²) in [5.41, 5.74) is 2.96. The molecule has 0 radical (unpaired) electrons. The van der Waals surface area contributed by atoms with Crippen LogP contribution in [0.4, 0.5) is 11.4 Å². The van der Waals surface area contributed by atoms with Gasteiger partial charge in [-0.1, -0.05) is 12.1 Å². The molecule has 2 heterocycles. The van der Waals surface area contributed by atoms with Crippen LogP contribution in [-0.4, -0.2) is 48.7 Å². The number of carboxylic acids is 1. The summed E-state index contributed by atoms with van der Waals surface area (Å²) in [6, 6.07) is 7.30. The predicted octanol–water partition coefficient (Wildman–Crippen LogP) is 2.34. The summed E-state index contributed by atoms with van der Waals surface area (Å²) in [7, 11) is -3.91. The number of aliphatic carboxylic acids is 1. The van der Waals surface area contributed by atoms with Crippen molar-refractivity contribution < 1.29 is 18.3 Å². The molecular formula is C19H24N4O4S2. The van der Waals surface area contributed by atoms with E-state index in [2.05, 4.69) is 19.9 Å². The third-order valence-electron chi connectivity index (χ3n) is 4.73. The van der Waals surface area contributed by atoms with E-state index in [0.29, 0.717) is 12.3 Å². The number of rotatable bonds is 9. The molecule has 2 atom stereocenters. The SMILES string of the molecule is CSCC[C@H](NS(=O)(=O)c1ccc(CN2c3ccncc3NC2C)cc1)C(=O)O. The number of sulfonamides is 1. The van der Waals surface area contributed by atoms with Gasteiger partial charge in [0.25, 0.3) is 0 Å². The number of aromatic nitrogens is 1. The Morgan fingerprint density at radius 3 is 2.72 bits per heavy atom. The molecule has 1 aliphatic heterocycles. The molecule has 1 aromatic heterocycles. The number of benzene rings is 1. The number of carboxylic acid groups (broad SMARTS) is 1. The Labute approximate surface area is 174 Å². The van der Waals surface area contributed by atoms with Crippen LogP contribution in [0.1, 0.15) is 18.9 Å². The van der Waals surface area contributed by atoms with E-state index in [9.17, 15) is 18.3 Å². The third-order valence-corrected chi connectivity index (χ3v) is 6.86. The first-order valence-corrected chi connectivity index (χ1v) is 12.0. The number of fused-ring (bicyclic) bond motifs is 1. The molecule has 1 aromatic carbocycles. The maximum absolute atomic E-state index is 12.6. The first-order valence-electron chi connectivity index (χ1n) is 9.12. The number of thioether (sulfide) groups is 1. The van der Waals surface area contributed by atoms with Crippen molar-refractivity contribution in [3.05, 3.63) is 48.3 Å². The molecule has 0 spiro atoms. The fourth-order valence-corrected chi connectivity index (χ4v) is 4.87. The monoisotopic (exact) mass is 436 g/mol. The van der Waals surface area contributed by atoms with Crippen LogP contribution in [0.5, 0.6) is 0 Å². The molecule has 29 heavy (non-hydrogen) atoms. The molecule has 1 aliphatic rings. The van der Waals surface area contributed by atoms with Gasteiger partial charge in [0.05, 0.1) is 28.6 Å². The van der Waals surface area contributed by atoms with Gasteiger partial charge in [0.2, 0.25) is 10.0 Å². The van der Waals surface area contributed by atoms with Crippen LogP contribution < -0.4 is 14.9 Å². The van der Waals surface area contributed by atoms with Crippen LogP contribution in [0, 0.1) is 0 Å². The minimum atomic E-state index is -3.91. The molecular weight excluding hydrogens is 412 g/mol. The maximum atomic E-state index is 12.6.